The maximum absolute atomic E-state index is 12.5. The molecule has 26 heavy (non-hydrogen) atoms. The smallest absolute Gasteiger partial charge is 0.322 e. The first-order chi connectivity index (χ1) is 12.6. The van der Waals surface area contributed by atoms with Crippen LogP contribution in [0.25, 0.3) is 0 Å². The van der Waals surface area contributed by atoms with Gasteiger partial charge in [-0.15, -0.1) is 0 Å². The van der Waals surface area contributed by atoms with Crippen molar-refractivity contribution in [2.75, 3.05) is 33.4 Å². The Kier molecular flexibility index (Phi) is 5.28. The number of primary amides is 1. The number of benzene rings is 1. The summed E-state index contributed by atoms with van der Waals surface area (Å²) in [6.07, 6.45) is 2.54. The largest absolute Gasteiger partial charge is 0.493 e. The molecule has 1 aliphatic heterocycles. The van der Waals surface area contributed by atoms with E-state index in [-0.39, 0.29) is 17.5 Å². The molecule has 1 aromatic heterocycles. The molecule has 0 unspecified atom stereocenters. The number of hydrogen-bond acceptors (Lipinski definition) is 7. The molecule has 2 N–H and O–H groups in total. The Morgan fingerprint density at radius 3 is 2.42 bits per heavy atom. The van der Waals surface area contributed by atoms with Gasteiger partial charge in [0.25, 0.3) is 11.8 Å². The number of carbonyl (C=O) groups is 2. The van der Waals surface area contributed by atoms with Gasteiger partial charge in [0.2, 0.25) is 0 Å². The van der Waals surface area contributed by atoms with E-state index in [1.54, 1.807) is 23.1 Å². The molecule has 9 heteroatoms. The molecule has 0 saturated carbocycles. The predicted molar refractivity (Wildman–Crippen MR) is 90.3 cm³/mol. The van der Waals surface area contributed by atoms with E-state index in [1.807, 2.05) is 0 Å². The van der Waals surface area contributed by atoms with E-state index in [2.05, 4.69) is 9.97 Å². The summed E-state index contributed by atoms with van der Waals surface area (Å²) in [6.45, 7) is 2.17. The molecule has 1 fully saturated rings. The van der Waals surface area contributed by atoms with Gasteiger partial charge in [-0.05, 0) is 18.2 Å². The number of amides is 2. The van der Waals surface area contributed by atoms with Crippen molar-refractivity contribution in [2.24, 2.45) is 5.73 Å². The highest BCUT2D eigenvalue weighted by Crippen LogP contribution is 2.31. The highest BCUT2D eigenvalue weighted by Gasteiger charge is 2.20. The number of hydrogen-bond donors (Lipinski definition) is 1. The average Bonchev–Trinajstić information content (AvgIpc) is 2.69. The zero-order valence-corrected chi connectivity index (χ0v) is 14.2. The summed E-state index contributed by atoms with van der Waals surface area (Å²) in [5, 5.41) is 0. The van der Waals surface area contributed by atoms with Gasteiger partial charge in [-0.3, -0.25) is 9.59 Å². The normalized spacial score (nSPS) is 14.0. The van der Waals surface area contributed by atoms with E-state index >= 15 is 0 Å². The van der Waals surface area contributed by atoms with Crippen LogP contribution >= 0.6 is 0 Å². The minimum Gasteiger partial charge on any atom is -0.493 e. The Hall–Kier alpha value is -3.20. The van der Waals surface area contributed by atoms with Gasteiger partial charge in [-0.25, -0.2) is 9.97 Å². The Labute approximate surface area is 149 Å². The summed E-state index contributed by atoms with van der Waals surface area (Å²) in [5.74, 6) is -0.00939. The zero-order chi connectivity index (χ0) is 18.5. The van der Waals surface area contributed by atoms with Crippen molar-refractivity contribution in [3.63, 3.8) is 0 Å². The van der Waals surface area contributed by atoms with Crippen LogP contribution in [-0.4, -0.2) is 60.1 Å². The number of aromatic nitrogens is 2. The fourth-order valence-electron chi connectivity index (χ4n) is 2.43. The van der Waals surface area contributed by atoms with Crippen molar-refractivity contribution >= 4 is 11.8 Å². The quantitative estimate of drug-likeness (QED) is 0.842. The summed E-state index contributed by atoms with van der Waals surface area (Å²) in [7, 11) is 1.47. The minimum absolute atomic E-state index is 0.0283. The predicted octanol–water partition coefficient (Wildman–Crippen LogP) is 0.849. The first-order valence-corrected chi connectivity index (χ1v) is 7.93. The SMILES string of the molecule is COc1cc(C(=O)N2CCOCC2)ccc1Oc1ncc(C(N)=O)cn1. The monoisotopic (exact) mass is 358 g/mol. The maximum atomic E-state index is 12.5. The Balaban J connectivity index is 1.77. The van der Waals surface area contributed by atoms with Crippen LogP contribution in [0.2, 0.25) is 0 Å². The van der Waals surface area contributed by atoms with Crippen LogP contribution in [0, 0.1) is 0 Å². The summed E-state index contributed by atoms with van der Waals surface area (Å²) in [4.78, 5) is 33.2. The number of morpholine rings is 1. The van der Waals surface area contributed by atoms with Crippen LogP contribution in [0.3, 0.4) is 0 Å². The van der Waals surface area contributed by atoms with E-state index in [1.165, 1.54) is 19.5 Å². The summed E-state index contributed by atoms with van der Waals surface area (Å²) < 4.78 is 16.1. The molecular weight excluding hydrogens is 340 g/mol. The number of ether oxygens (including phenoxy) is 3. The molecule has 1 saturated heterocycles. The fraction of sp³-hybridized carbons (Fsp3) is 0.294. The topological polar surface area (TPSA) is 117 Å². The van der Waals surface area contributed by atoms with Gasteiger partial charge in [0.05, 0.1) is 25.9 Å². The van der Waals surface area contributed by atoms with Crippen LogP contribution in [0.1, 0.15) is 20.7 Å². The molecule has 9 nitrogen and oxygen atoms in total. The Morgan fingerprint density at radius 1 is 1.12 bits per heavy atom. The number of carbonyl (C=O) groups excluding carboxylic acids is 2. The number of rotatable bonds is 5. The third kappa shape index (κ3) is 3.89. The molecule has 2 amide bonds. The highest BCUT2D eigenvalue weighted by molar-refractivity contribution is 5.95. The van der Waals surface area contributed by atoms with Crippen molar-refractivity contribution in [2.45, 2.75) is 0 Å². The third-order valence-corrected chi connectivity index (χ3v) is 3.82. The lowest BCUT2D eigenvalue weighted by Gasteiger charge is -2.27. The molecule has 0 spiro atoms. The van der Waals surface area contributed by atoms with Gasteiger partial charge >= 0.3 is 6.01 Å². The fourth-order valence-corrected chi connectivity index (χ4v) is 2.43. The standard InChI is InChI=1S/C17H18N4O5/c1-24-14-8-11(16(23)21-4-6-25-7-5-21)2-3-13(14)26-17-19-9-12(10-20-17)15(18)22/h2-3,8-10H,4-7H2,1H3,(H2,18,22). The maximum Gasteiger partial charge on any atom is 0.322 e. The van der Waals surface area contributed by atoms with Crippen LogP contribution in [0.15, 0.2) is 30.6 Å². The summed E-state index contributed by atoms with van der Waals surface area (Å²) in [5.41, 5.74) is 5.81. The summed E-state index contributed by atoms with van der Waals surface area (Å²) >= 11 is 0. The van der Waals surface area contributed by atoms with Gasteiger partial charge in [-0.1, -0.05) is 0 Å². The Bertz CT molecular complexity index is 803. The lowest BCUT2D eigenvalue weighted by atomic mass is 10.1. The second-order valence-electron chi connectivity index (χ2n) is 5.49. The van der Waals surface area contributed by atoms with Crippen LogP contribution in [0.4, 0.5) is 0 Å². The molecule has 2 heterocycles. The van der Waals surface area contributed by atoms with Gasteiger partial charge in [0.15, 0.2) is 11.5 Å². The van der Waals surface area contributed by atoms with Crippen molar-refractivity contribution < 1.29 is 23.8 Å². The molecule has 1 aliphatic rings. The lowest BCUT2D eigenvalue weighted by Crippen LogP contribution is -2.40. The molecule has 136 valence electrons. The first-order valence-electron chi connectivity index (χ1n) is 7.93. The second kappa shape index (κ2) is 7.79. The van der Waals surface area contributed by atoms with E-state index in [4.69, 9.17) is 19.9 Å². The highest BCUT2D eigenvalue weighted by atomic mass is 16.5. The third-order valence-electron chi connectivity index (χ3n) is 3.82. The minimum atomic E-state index is -0.625. The van der Waals surface area contributed by atoms with Crippen molar-refractivity contribution in [3.8, 4) is 17.5 Å². The second-order valence-corrected chi connectivity index (χ2v) is 5.49. The molecule has 0 bridgehead atoms. The van der Waals surface area contributed by atoms with Crippen LogP contribution < -0.4 is 15.2 Å². The number of methoxy groups -OCH3 is 1. The molecule has 2 aromatic rings. The molecule has 3 rings (SSSR count). The lowest BCUT2D eigenvalue weighted by molar-refractivity contribution is 0.0302. The van der Waals surface area contributed by atoms with Gasteiger partial charge < -0.3 is 24.8 Å². The molecule has 1 aromatic carbocycles. The van der Waals surface area contributed by atoms with Crippen molar-refractivity contribution in [1.82, 2.24) is 14.9 Å². The first kappa shape index (κ1) is 17.6. The molecule has 0 aliphatic carbocycles. The van der Waals surface area contributed by atoms with Crippen LogP contribution in [-0.2, 0) is 4.74 Å². The summed E-state index contributed by atoms with van der Waals surface area (Å²) in [6, 6.07) is 4.89. The molecular formula is C17H18N4O5. The Morgan fingerprint density at radius 2 is 1.81 bits per heavy atom. The van der Waals surface area contributed by atoms with Crippen molar-refractivity contribution in [1.29, 1.82) is 0 Å². The number of nitrogens with zero attached hydrogens (tertiary/aromatic N) is 3. The van der Waals surface area contributed by atoms with Gasteiger partial charge in [0, 0.05) is 31.0 Å². The van der Waals surface area contributed by atoms with E-state index in [0.29, 0.717) is 43.4 Å². The van der Waals surface area contributed by atoms with Gasteiger partial charge in [-0.2, -0.15) is 0 Å². The van der Waals surface area contributed by atoms with E-state index < -0.39 is 5.91 Å². The molecule has 0 atom stereocenters. The zero-order valence-electron chi connectivity index (χ0n) is 14.2. The average molecular weight is 358 g/mol. The molecule has 0 radical (unpaired) electrons. The van der Waals surface area contributed by atoms with E-state index in [0.717, 1.165) is 0 Å². The van der Waals surface area contributed by atoms with Gasteiger partial charge in [0.1, 0.15) is 0 Å². The number of nitrogens with two attached hydrogens (primary N) is 1. The van der Waals surface area contributed by atoms with E-state index in [9.17, 15) is 9.59 Å². The van der Waals surface area contributed by atoms with Crippen molar-refractivity contribution in [3.05, 3.63) is 41.7 Å². The van der Waals surface area contributed by atoms with Crippen LogP contribution in [0.5, 0.6) is 17.5 Å².